The Morgan fingerprint density at radius 1 is 1.58 bits per heavy atom. The number of carbonyl (C=O) groups is 1. The van der Waals surface area contributed by atoms with E-state index in [4.69, 9.17) is 4.74 Å². The quantitative estimate of drug-likeness (QED) is 0.855. The molecule has 1 unspecified atom stereocenters. The Labute approximate surface area is 113 Å². The van der Waals surface area contributed by atoms with Gasteiger partial charge in [0, 0.05) is 13.6 Å². The van der Waals surface area contributed by atoms with Gasteiger partial charge in [-0.25, -0.2) is 0 Å². The highest BCUT2D eigenvalue weighted by atomic mass is 16.5. The van der Waals surface area contributed by atoms with Crippen LogP contribution in [-0.2, 0) is 11.3 Å². The lowest BCUT2D eigenvalue weighted by Crippen LogP contribution is -2.41. The Hall–Kier alpha value is -1.75. The third kappa shape index (κ3) is 2.98. The maximum atomic E-state index is 11.8. The van der Waals surface area contributed by atoms with Gasteiger partial charge in [-0.2, -0.15) is 0 Å². The van der Waals surface area contributed by atoms with Crippen molar-refractivity contribution < 1.29 is 14.6 Å². The minimum absolute atomic E-state index is 0.0609. The van der Waals surface area contributed by atoms with Gasteiger partial charge in [-0.15, -0.1) is 0 Å². The number of rotatable bonds is 4. The molecule has 19 heavy (non-hydrogen) atoms. The van der Waals surface area contributed by atoms with Crippen LogP contribution in [0.25, 0.3) is 0 Å². The first-order valence-electron chi connectivity index (χ1n) is 6.47. The molecule has 1 amide bonds. The molecule has 5 nitrogen and oxygen atoms in total. The van der Waals surface area contributed by atoms with Crippen LogP contribution in [-0.4, -0.2) is 42.7 Å². The first-order chi connectivity index (χ1) is 9.15. The second kappa shape index (κ2) is 5.93. The molecule has 1 aromatic carbocycles. The van der Waals surface area contributed by atoms with Crippen molar-refractivity contribution in [2.75, 3.05) is 20.7 Å². The number of carbonyl (C=O) groups excluding carboxylic acids is 1. The van der Waals surface area contributed by atoms with Crippen molar-refractivity contribution in [1.82, 2.24) is 10.2 Å². The second-order valence-corrected chi connectivity index (χ2v) is 4.75. The molecule has 1 fully saturated rings. The molecule has 1 atom stereocenters. The van der Waals surface area contributed by atoms with Gasteiger partial charge in [0.25, 0.3) is 0 Å². The second-order valence-electron chi connectivity index (χ2n) is 4.75. The monoisotopic (exact) mass is 264 g/mol. The van der Waals surface area contributed by atoms with E-state index in [0.717, 1.165) is 24.9 Å². The number of nitrogens with zero attached hydrogens (tertiary/aromatic N) is 1. The summed E-state index contributed by atoms with van der Waals surface area (Å²) < 4.78 is 5.02. The van der Waals surface area contributed by atoms with Gasteiger partial charge in [0.1, 0.15) is 0 Å². The maximum absolute atomic E-state index is 11.8. The Kier molecular flexibility index (Phi) is 4.27. The summed E-state index contributed by atoms with van der Waals surface area (Å²) >= 11 is 0. The lowest BCUT2D eigenvalue weighted by Gasteiger charge is -2.23. The third-order valence-corrected chi connectivity index (χ3v) is 3.54. The summed E-state index contributed by atoms with van der Waals surface area (Å²) in [7, 11) is 3.19. The van der Waals surface area contributed by atoms with E-state index in [1.54, 1.807) is 19.2 Å². The number of ether oxygens (including phenoxy) is 1. The van der Waals surface area contributed by atoms with Gasteiger partial charge in [-0.1, -0.05) is 6.07 Å². The van der Waals surface area contributed by atoms with Crippen molar-refractivity contribution in [3.05, 3.63) is 23.8 Å². The highest BCUT2D eigenvalue weighted by Gasteiger charge is 2.29. The average Bonchev–Trinajstić information content (AvgIpc) is 2.86. The number of phenols is 1. The Bertz CT molecular complexity index is 462. The van der Waals surface area contributed by atoms with E-state index in [1.165, 1.54) is 7.11 Å². The smallest absolute Gasteiger partial charge is 0.237 e. The van der Waals surface area contributed by atoms with E-state index in [-0.39, 0.29) is 17.7 Å². The zero-order valence-electron chi connectivity index (χ0n) is 11.3. The van der Waals surface area contributed by atoms with Crippen molar-refractivity contribution in [3.8, 4) is 11.5 Å². The zero-order chi connectivity index (χ0) is 13.8. The van der Waals surface area contributed by atoms with Crippen LogP contribution < -0.4 is 10.1 Å². The van der Waals surface area contributed by atoms with Crippen molar-refractivity contribution in [3.63, 3.8) is 0 Å². The van der Waals surface area contributed by atoms with Crippen molar-refractivity contribution in [2.24, 2.45) is 0 Å². The molecular weight excluding hydrogens is 244 g/mol. The van der Waals surface area contributed by atoms with Gasteiger partial charge in [0.05, 0.1) is 13.2 Å². The molecule has 1 aliphatic rings. The van der Waals surface area contributed by atoms with E-state index in [1.807, 2.05) is 6.07 Å². The molecule has 2 N–H and O–H groups in total. The van der Waals surface area contributed by atoms with Crippen molar-refractivity contribution >= 4 is 5.91 Å². The first-order valence-corrected chi connectivity index (χ1v) is 6.47. The molecule has 0 bridgehead atoms. The Morgan fingerprint density at radius 2 is 2.37 bits per heavy atom. The van der Waals surface area contributed by atoms with Crippen LogP contribution in [0, 0.1) is 0 Å². The Balaban J connectivity index is 2.08. The highest BCUT2D eigenvalue weighted by Crippen LogP contribution is 2.28. The van der Waals surface area contributed by atoms with Gasteiger partial charge < -0.3 is 15.2 Å². The number of methoxy groups -OCH3 is 1. The molecule has 5 heteroatoms. The van der Waals surface area contributed by atoms with Crippen molar-refractivity contribution in [2.45, 2.75) is 25.4 Å². The van der Waals surface area contributed by atoms with Crippen molar-refractivity contribution in [1.29, 1.82) is 0 Å². The molecule has 1 heterocycles. The summed E-state index contributed by atoms with van der Waals surface area (Å²) in [5, 5.41) is 12.5. The van der Waals surface area contributed by atoms with E-state index in [2.05, 4.69) is 10.2 Å². The molecule has 0 saturated carbocycles. The summed E-state index contributed by atoms with van der Waals surface area (Å²) in [6, 6.07) is 5.29. The average molecular weight is 264 g/mol. The number of hydrogen-bond acceptors (Lipinski definition) is 4. The van der Waals surface area contributed by atoms with Gasteiger partial charge in [-0.05, 0) is 37.1 Å². The topological polar surface area (TPSA) is 61.8 Å². The molecule has 1 aromatic rings. The van der Waals surface area contributed by atoms with Crippen LogP contribution in [0.15, 0.2) is 18.2 Å². The third-order valence-electron chi connectivity index (χ3n) is 3.54. The van der Waals surface area contributed by atoms with E-state index in [9.17, 15) is 9.90 Å². The largest absolute Gasteiger partial charge is 0.504 e. The van der Waals surface area contributed by atoms with Gasteiger partial charge >= 0.3 is 0 Å². The molecule has 0 radical (unpaired) electrons. The molecular formula is C14H20N2O3. The predicted molar refractivity (Wildman–Crippen MR) is 72.2 cm³/mol. The van der Waals surface area contributed by atoms with Crippen LogP contribution in [0.3, 0.4) is 0 Å². The lowest BCUT2D eigenvalue weighted by atomic mass is 10.1. The molecule has 1 saturated heterocycles. The molecule has 0 aliphatic carbocycles. The minimum atomic E-state index is -0.0609. The number of likely N-dealkylation sites (N-methyl/N-ethyl adjacent to an activating group) is 1. The number of phenolic OH excluding ortho intramolecular Hbond substituents is 1. The number of likely N-dealkylation sites (tertiary alicyclic amines) is 1. The molecule has 1 aliphatic heterocycles. The number of hydrogen-bond donors (Lipinski definition) is 2. The molecule has 104 valence electrons. The maximum Gasteiger partial charge on any atom is 0.237 e. The molecule has 0 spiro atoms. The molecule has 0 aromatic heterocycles. The van der Waals surface area contributed by atoms with Crippen LogP contribution in [0.2, 0.25) is 0 Å². The summed E-state index contributed by atoms with van der Waals surface area (Å²) in [6.45, 7) is 1.57. The highest BCUT2D eigenvalue weighted by molar-refractivity contribution is 5.81. The predicted octanol–water partition coefficient (Wildman–Crippen LogP) is 1.11. The van der Waals surface area contributed by atoms with Gasteiger partial charge in [-0.3, -0.25) is 9.69 Å². The fourth-order valence-electron chi connectivity index (χ4n) is 2.55. The Morgan fingerprint density at radius 3 is 3.00 bits per heavy atom. The summed E-state index contributed by atoms with van der Waals surface area (Å²) in [5.74, 6) is 0.666. The lowest BCUT2D eigenvalue weighted by molar-refractivity contribution is -0.125. The minimum Gasteiger partial charge on any atom is -0.504 e. The van der Waals surface area contributed by atoms with Crippen LogP contribution in [0.4, 0.5) is 0 Å². The standard InChI is InChI=1S/C14H20N2O3/c1-15-14(18)11-4-3-7-16(11)9-10-5-6-13(19-2)12(17)8-10/h5-6,8,11,17H,3-4,7,9H2,1-2H3,(H,15,18). The zero-order valence-corrected chi connectivity index (χ0v) is 11.3. The fraction of sp³-hybridized carbons (Fsp3) is 0.500. The van der Waals surface area contributed by atoms with Crippen LogP contribution in [0.1, 0.15) is 18.4 Å². The van der Waals surface area contributed by atoms with E-state index in [0.29, 0.717) is 12.3 Å². The SMILES string of the molecule is CNC(=O)C1CCCN1Cc1ccc(OC)c(O)c1. The summed E-state index contributed by atoms with van der Waals surface area (Å²) in [4.78, 5) is 13.9. The molecule has 2 rings (SSSR count). The van der Waals surface area contributed by atoms with E-state index < -0.39 is 0 Å². The number of nitrogens with one attached hydrogen (secondary N) is 1. The van der Waals surface area contributed by atoms with Gasteiger partial charge in [0.15, 0.2) is 11.5 Å². The fourth-order valence-corrected chi connectivity index (χ4v) is 2.55. The number of aromatic hydroxyl groups is 1. The number of amides is 1. The normalized spacial score (nSPS) is 19.4. The van der Waals surface area contributed by atoms with Gasteiger partial charge in [0.2, 0.25) is 5.91 Å². The first kappa shape index (κ1) is 13.7. The van der Waals surface area contributed by atoms with Crippen LogP contribution in [0.5, 0.6) is 11.5 Å². The summed E-state index contributed by atoms with van der Waals surface area (Å²) in [6.07, 6.45) is 1.92. The van der Waals surface area contributed by atoms with E-state index >= 15 is 0 Å². The van der Waals surface area contributed by atoms with Crippen LogP contribution >= 0.6 is 0 Å². The number of benzene rings is 1. The summed E-state index contributed by atoms with van der Waals surface area (Å²) in [5.41, 5.74) is 0.981.